The molecule has 0 unspecified atom stereocenters. The Morgan fingerprint density at radius 1 is 1.27 bits per heavy atom. The Balaban J connectivity index is 1.82. The summed E-state index contributed by atoms with van der Waals surface area (Å²) in [6.45, 7) is 7.84. The molecule has 8 nitrogen and oxygen atoms in total. The van der Waals surface area contributed by atoms with E-state index in [1.807, 2.05) is 0 Å². The van der Waals surface area contributed by atoms with Crippen LogP contribution >= 0.6 is 11.6 Å². The minimum absolute atomic E-state index is 0.0231. The van der Waals surface area contributed by atoms with E-state index in [0.29, 0.717) is 47.4 Å². The molecule has 1 aromatic heterocycles. The van der Waals surface area contributed by atoms with Crippen molar-refractivity contribution in [1.29, 1.82) is 0 Å². The van der Waals surface area contributed by atoms with E-state index in [1.165, 1.54) is 10.6 Å². The predicted octanol–water partition coefficient (Wildman–Crippen LogP) is 3.21. The first-order valence-corrected chi connectivity index (χ1v) is 11.2. The lowest BCUT2D eigenvalue weighted by Crippen LogP contribution is -2.46. The Hall–Kier alpha value is -2.55. The van der Waals surface area contributed by atoms with Gasteiger partial charge in [-0.3, -0.25) is 19.0 Å². The number of halogens is 1. The smallest absolute Gasteiger partial charge is 0.254 e. The van der Waals surface area contributed by atoms with E-state index in [1.54, 1.807) is 45.9 Å². The molecule has 2 aromatic rings. The molecule has 1 aliphatic heterocycles. The van der Waals surface area contributed by atoms with Crippen LogP contribution in [0.2, 0.25) is 5.02 Å². The van der Waals surface area contributed by atoms with Gasteiger partial charge in [-0.15, -0.1) is 0 Å². The maximum atomic E-state index is 12.9. The molecule has 0 saturated carbocycles. The summed E-state index contributed by atoms with van der Waals surface area (Å²) in [6, 6.07) is 6.34. The van der Waals surface area contributed by atoms with Gasteiger partial charge in [0.15, 0.2) is 5.78 Å². The van der Waals surface area contributed by atoms with Crippen molar-refractivity contribution in [2.75, 3.05) is 25.1 Å². The Labute approximate surface area is 197 Å². The Morgan fingerprint density at radius 2 is 1.97 bits per heavy atom. The lowest BCUT2D eigenvalue weighted by atomic mass is 9.81. The first-order chi connectivity index (χ1) is 15.4. The Bertz CT molecular complexity index is 1110. The van der Waals surface area contributed by atoms with Crippen LogP contribution in [0.5, 0.6) is 0 Å². The van der Waals surface area contributed by atoms with Crippen molar-refractivity contribution in [1.82, 2.24) is 9.55 Å². The first-order valence-electron chi connectivity index (χ1n) is 10.8. The van der Waals surface area contributed by atoms with Gasteiger partial charge in [0.1, 0.15) is 5.82 Å². The number of benzene rings is 1. The molecule has 1 aromatic carbocycles. The zero-order valence-corrected chi connectivity index (χ0v) is 20.2. The van der Waals surface area contributed by atoms with E-state index in [0.717, 1.165) is 0 Å². The van der Waals surface area contributed by atoms with Gasteiger partial charge in [-0.1, -0.05) is 32.4 Å². The maximum Gasteiger partial charge on any atom is 0.254 e. The molecule has 0 atom stereocenters. The van der Waals surface area contributed by atoms with Gasteiger partial charge in [0.25, 0.3) is 5.56 Å². The lowest BCUT2D eigenvalue weighted by molar-refractivity contribution is -0.145. The number of carbonyl (C=O) groups is 2. The number of ether oxygens (including phenoxy) is 1. The number of nitrogens with one attached hydrogen (secondary N) is 1. The van der Waals surface area contributed by atoms with Crippen molar-refractivity contribution in [2.24, 2.45) is 10.8 Å². The topological polar surface area (TPSA) is 111 Å². The third kappa shape index (κ3) is 5.88. The summed E-state index contributed by atoms with van der Waals surface area (Å²) in [4.78, 5) is 42.4. The van der Waals surface area contributed by atoms with Crippen LogP contribution in [0.4, 0.5) is 5.69 Å². The van der Waals surface area contributed by atoms with Gasteiger partial charge in [0.05, 0.1) is 37.7 Å². The molecule has 1 amide bonds. The number of nitrogens with zero attached hydrogens (tertiary/aromatic N) is 2. The van der Waals surface area contributed by atoms with E-state index >= 15 is 0 Å². The molecule has 0 bridgehead atoms. The number of aliphatic hydroxyl groups is 1. The second-order valence-electron chi connectivity index (χ2n) is 9.70. The van der Waals surface area contributed by atoms with E-state index in [-0.39, 0.29) is 42.2 Å². The third-order valence-electron chi connectivity index (χ3n) is 5.81. The zero-order valence-electron chi connectivity index (χ0n) is 19.4. The Morgan fingerprint density at radius 3 is 2.52 bits per heavy atom. The van der Waals surface area contributed by atoms with Gasteiger partial charge in [0, 0.05) is 33.9 Å². The van der Waals surface area contributed by atoms with E-state index in [4.69, 9.17) is 16.3 Å². The number of ketones is 1. The summed E-state index contributed by atoms with van der Waals surface area (Å²) >= 11 is 6.14. The highest BCUT2D eigenvalue weighted by Crippen LogP contribution is 2.32. The molecule has 33 heavy (non-hydrogen) atoms. The van der Waals surface area contributed by atoms with Crippen molar-refractivity contribution < 1.29 is 19.4 Å². The third-order valence-corrected chi connectivity index (χ3v) is 6.04. The van der Waals surface area contributed by atoms with Gasteiger partial charge in [0.2, 0.25) is 5.91 Å². The fourth-order valence-electron chi connectivity index (χ4n) is 3.47. The van der Waals surface area contributed by atoms with Crippen molar-refractivity contribution in [3.05, 3.63) is 45.5 Å². The fraction of sp³-hybridized carbons (Fsp3) is 0.500. The number of hydrogen-bond acceptors (Lipinski definition) is 6. The molecule has 3 rings (SSSR count). The minimum Gasteiger partial charge on any atom is -0.396 e. The van der Waals surface area contributed by atoms with Crippen molar-refractivity contribution in [3.63, 3.8) is 0 Å². The van der Waals surface area contributed by atoms with Crippen molar-refractivity contribution >= 4 is 29.0 Å². The normalized spacial score (nSPS) is 15.1. The summed E-state index contributed by atoms with van der Waals surface area (Å²) in [5.41, 5.74) is 0.0726. The average Bonchev–Trinajstić information content (AvgIpc) is 2.69. The molecule has 1 aliphatic rings. The number of hydrogen-bond donors (Lipinski definition) is 2. The van der Waals surface area contributed by atoms with E-state index in [9.17, 15) is 19.5 Å². The molecule has 0 radical (unpaired) electrons. The number of carbonyl (C=O) groups excluding carboxylic acids is 2. The molecule has 0 spiro atoms. The van der Waals surface area contributed by atoms with Gasteiger partial charge in [-0.2, -0.15) is 0 Å². The van der Waals surface area contributed by atoms with Gasteiger partial charge >= 0.3 is 0 Å². The highest BCUT2D eigenvalue weighted by atomic mass is 35.5. The second-order valence-corrected chi connectivity index (χ2v) is 10.1. The van der Waals surface area contributed by atoms with Gasteiger partial charge < -0.3 is 15.2 Å². The van der Waals surface area contributed by atoms with Crippen LogP contribution in [-0.2, 0) is 20.9 Å². The summed E-state index contributed by atoms with van der Waals surface area (Å²) in [5, 5.41) is 12.8. The summed E-state index contributed by atoms with van der Waals surface area (Å²) in [7, 11) is 0. The highest BCUT2D eigenvalue weighted by molar-refractivity contribution is 6.31. The van der Waals surface area contributed by atoms with Crippen LogP contribution in [0.3, 0.4) is 0 Å². The van der Waals surface area contributed by atoms with Crippen molar-refractivity contribution in [3.8, 4) is 11.3 Å². The van der Waals surface area contributed by atoms with Crippen LogP contribution in [0, 0.1) is 17.8 Å². The molecule has 178 valence electrons. The summed E-state index contributed by atoms with van der Waals surface area (Å²) in [6.07, 6.45) is 0.765. The molecule has 0 aliphatic carbocycles. The molecule has 1 saturated heterocycles. The highest BCUT2D eigenvalue weighted by Gasteiger charge is 2.38. The number of aliphatic hydroxyl groups excluding tert-OH is 1. The first kappa shape index (κ1) is 25.1. The monoisotopic (exact) mass is 475 g/mol. The van der Waals surface area contributed by atoms with Gasteiger partial charge in [-0.05, 0) is 31.5 Å². The summed E-state index contributed by atoms with van der Waals surface area (Å²) < 4.78 is 6.49. The van der Waals surface area contributed by atoms with Crippen LogP contribution in [-0.4, -0.2) is 46.2 Å². The fourth-order valence-corrected chi connectivity index (χ4v) is 3.64. The standard InChI is InChI=1S/C24H30ClN3O5/c1-15-26-20(18-6-5-16(25)9-19(18)27-22(32)23(2,3)4)10-21(31)28(15)11-17(30)7-8-24(12-29)13-33-14-24/h5-6,9-10,29H,7-8,11-14H2,1-4H3,(H,27,32). The van der Waals surface area contributed by atoms with Gasteiger partial charge in [-0.25, -0.2) is 4.98 Å². The van der Waals surface area contributed by atoms with Crippen LogP contribution < -0.4 is 10.9 Å². The van der Waals surface area contributed by atoms with E-state index in [2.05, 4.69) is 10.3 Å². The van der Waals surface area contributed by atoms with Crippen LogP contribution in [0.25, 0.3) is 11.3 Å². The molecule has 9 heteroatoms. The minimum atomic E-state index is -0.618. The summed E-state index contributed by atoms with van der Waals surface area (Å²) in [5.74, 6) is 0.0797. The number of Topliss-reactive ketones (excluding diaryl/α,β-unsaturated/α-hetero) is 1. The molecule has 1 fully saturated rings. The molecular formula is C24H30ClN3O5. The number of aryl methyl sites for hydroxylation is 1. The van der Waals surface area contributed by atoms with Crippen LogP contribution in [0.15, 0.2) is 29.1 Å². The zero-order chi connectivity index (χ0) is 24.4. The van der Waals surface area contributed by atoms with Crippen LogP contribution in [0.1, 0.15) is 39.4 Å². The lowest BCUT2D eigenvalue weighted by Gasteiger charge is -2.39. The average molecular weight is 476 g/mol. The molecule has 2 N–H and O–H groups in total. The number of aromatic nitrogens is 2. The second kappa shape index (κ2) is 9.75. The number of rotatable bonds is 8. The van der Waals surface area contributed by atoms with Crippen molar-refractivity contribution in [2.45, 2.75) is 47.1 Å². The van der Waals surface area contributed by atoms with E-state index < -0.39 is 5.41 Å². The Kier molecular flexibility index (Phi) is 7.41. The molecule has 2 heterocycles. The quantitative estimate of drug-likeness (QED) is 0.606. The maximum absolute atomic E-state index is 12.9. The number of anilines is 1. The SMILES string of the molecule is Cc1nc(-c2ccc(Cl)cc2NC(=O)C(C)(C)C)cc(=O)n1CC(=O)CCC1(CO)COC1. The number of amides is 1. The largest absolute Gasteiger partial charge is 0.396 e. The molecular weight excluding hydrogens is 446 g/mol. The predicted molar refractivity (Wildman–Crippen MR) is 126 cm³/mol.